The van der Waals surface area contributed by atoms with Crippen LogP contribution in [-0.4, -0.2) is 24.3 Å². The van der Waals surface area contributed by atoms with Gasteiger partial charge in [-0.05, 0) is 25.5 Å². The van der Waals surface area contributed by atoms with E-state index in [1.165, 1.54) is 13.0 Å². The SMILES string of the molecule is CCCCCN(C)c1ccc(C(C)=O)cc1[N+](=O)[O-]. The number of unbranched alkanes of at least 4 members (excludes halogenated alkanes) is 2. The second-order valence-electron chi connectivity index (χ2n) is 4.65. The van der Waals surface area contributed by atoms with Gasteiger partial charge in [0, 0.05) is 25.2 Å². The highest BCUT2D eigenvalue weighted by Gasteiger charge is 2.18. The van der Waals surface area contributed by atoms with E-state index >= 15 is 0 Å². The summed E-state index contributed by atoms with van der Waals surface area (Å²) >= 11 is 0. The van der Waals surface area contributed by atoms with Gasteiger partial charge in [-0.3, -0.25) is 14.9 Å². The lowest BCUT2D eigenvalue weighted by atomic mass is 10.1. The Morgan fingerprint density at radius 1 is 1.37 bits per heavy atom. The third-order valence-electron chi connectivity index (χ3n) is 3.09. The van der Waals surface area contributed by atoms with Crippen LogP contribution in [0.3, 0.4) is 0 Å². The normalized spacial score (nSPS) is 10.3. The van der Waals surface area contributed by atoms with E-state index in [0.717, 1.165) is 25.8 Å². The highest BCUT2D eigenvalue weighted by atomic mass is 16.6. The molecule has 0 amide bonds. The van der Waals surface area contributed by atoms with Crippen molar-refractivity contribution in [1.82, 2.24) is 0 Å². The summed E-state index contributed by atoms with van der Waals surface area (Å²) in [6.07, 6.45) is 3.21. The van der Waals surface area contributed by atoms with E-state index in [4.69, 9.17) is 0 Å². The number of nitrogens with zero attached hydrogens (tertiary/aromatic N) is 2. The van der Waals surface area contributed by atoms with Gasteiger partial charge in [0.1, 0.15) is 5.69 Å². The molecule has 0 aliphatic carbocycles. The van der Waals surface area contributed by atoms with Crippen LogP contribution < -0.4 is 4.90 Å². The van der Waals surface area contributed by atoms with E-state index in [1.54, 1.807) is 12.1 Å². The Labute approximate surface area is 113 Å². The van der Waals surface area contributed by atoms with Crippen molar-refractivity contribution in [1.29, 1.82) is 0 Å². The fourth-order valence-electron chi connectivity index (χ4n) is 1.93. The van der Waals surface area contributed by atoms with Gasteiger partial charge in [-0.2, -0.15) is 0 Å². The van der Waals surface area contributed by atoms with Gasteiger partial charge in [-0.1, -0.05) is 19.8 Å². The summed E-state index contributed by atoms with van der Waals surface area (Å²) in [4.78, 5) is 23.8. The summed E-state index contributed by atoms with van der Waals surface area (Å²) in [5.41, 5.74) is 0.926. The van der Waals surface area contributed by atoms with Gasteiger partial charge in [0.2, 0.25) is 0 Å². The van der Waals surface area contributed by atoms with Crippen LogP contribution in [0.15, 0.2) is 18.2 Å². The van der Waals surface area contributed by atoms with Gasteiger partial charge in [-0.25, -0.2) is 0 Å². The first-order chi connectivity index (χ1) is 8.97. The molecule has 104 valence electrons. The molecule has 0 atom stereocenters. The Morgan fingerprint density at radius 2 is 2.05 bits per heavy atom. The number of ketones is 1. The minimum Gasteiger partial charge on any atom is -0.369 e. The number of Topliss-reactive ketones (excluding diaryl/α,β-unsaturated/α-hetero) is 1. The zero-order valence-electron chi connectivity index (χ0n) is 11.7. The molecule has 0 spiro atoms. The lowest BCUT2D eigenvalue weighted by molar-refractivity contribution is -0.384. The van der Waals surface area contributed by atoms with Crippen molar-refractivity contribution in [2.75, 3.05) is 18.5 Å². The number of nitro groups is 1. The maximum atomic E-state index is 11.3. The van der Waals surface area contributed by atoms with Crippen LogP contribution in [0.2, 0.25) is 0 Å². The standard InChI is InChI=1S/C14H20N2O3/c1-4-5-6-9-15(3)13-8-7-12(11(2)17)10-14(13)16(18)19/h7-8,10H,4-6,9H2,1-3H3. The molecule has 0 bridgehead atoms. The van der Waals surface area contributed by atoms with Crippen LogP contribution in [0.4, 0.5) is 11.4 Å². The number of rotatable bonds is 7. The van der Waals surface area contributed by atoms with Gasteiger partial charge >= 0.3 is 0 Å². The second-order valence-corrected chi connectivity index (χ2v) is 4.65. The van der Waals surface area contributed by atoms with Crippen LogP contribution in [0, 0.1) is 10.1 Å². The van der Waals surface area contributed by atoms with Crippen molar-refractivity contribution in [3.05, 3.63) is 33.9 Å². The molecule has 5 nitrogen and oxygen atoms in total. The topological polar surface area (TPSA) is 63.5 Å². The zero-order valence-corrected chi connectivity index (χ0v) is 11.7. The summed E-state index contributed by atoms with van der Waals surface area (Å²) in [5, 5.41) is 11.1. The third kappa shape index (κ3) is 4.05. The Bertz CT molecular complexity index is 472. The van der Waals surface area contributed by atoms with Gasteiger partial charge in [0.15, 0.2) is 5.78 Å². The minimum atomic E-state index is -0.432. The molecule has 0 saturated heterocycles. The first-order valence-electron chi connectivity index (χ1n) is 6.48. The maximum absolute atomic E-state index is 11.3. The molecule has 0 aromatic heterocycles. The molecule has 0 N–H and O–H groups in total. The third-order valence-corrected chi connectivity index (χ3v) is 3.09. The highest BCUT2D eigenvalue weighted by Crippen LogP contribution is 2.28. The van der Waals surface area contributed by atoms with Crippen LogP contribution in [0.5, 0.6) is 0 Å². The van der Waals surface area contributed by atoms with Crippen LogP contribution in [-0.2, 0) is 0 Å². The smallest absolute Gasteiger partial charge is 0.293 e. The molecule has 1 aromatic carbocycles. The summed E-state index contributed by atoms with van der Waals surface area (Å²) in [5.74, 6) is -0.164. The van der Waals surface area contributed by atoms with Crippen molar-refractivity contribution in [2.24, 2.45) is 0 Å². The van der Waals surface area contributed by atoms with Gasteiger partial charge in [-0.15, -0.1) is 0 Å². The van der Waals surface area contributed by atoms with E-state index in [0.29, 0.717) is 11.3 Å². The number of hydrogen-bond acceptors (Lipinski definition) is 4. The fourth-order valence-corrected chi connectivity index (χ4v) is 1.93. The number of carbonyl (C=O) groups is 1. The first kappa shape index (κ1) is 15.1. The summed E-state index contributed by atoms with van der Waals surface area (Å²) in [6, 6.07) is 4.65. The molecule has 0 unspecified atom stereocenters. The lowest BCUT2D eigenvalue weighted by Gasteiger charge is -2.19. The largest absolute Gasteiger partial charge is 0.369 e. The first-order valence-corrected chi connectivity index (χ1v) is 6.48. The number of hydrogen-bond donors (Lipinski definition) is 0. The molecule has 1 rings (SSSR count). The predicted octanol–water partition coefficient (Wildman–Crippen LogP) is 3.42. The number of anilines is 1. The van der Waals surface area contributed by atoms with E-state index < -0.39 is 4.92 Å². The Kier molecular flexibility index (Phi) is 5.48. The van der Waals surface area contributed by atoms with Crippen molar-refractivity contribution >= 4 is 17.2 Å². The highest BCUT2D eigenvalue weighted by molar-refractivity contribution is 5.95. The quantitative estimate of drug-likeness (QED) is 0.327. The number of benzene rings is 1. The molecular weight excluding hydrogens is 244 g/mol. The summed E-state index contributed by atoms with van der Waals surface area (Å²) < 4.78 is 0. The molecule has 0 saturated carbocycles. The Balaban J connectivity index is 2.99. The molecule has 0 aliphatic rings. The average molecular weight is 264 g/mol. The van der Waals surface area contributed by atoms with Gasteiger partial charge in [0.25, 0.3) is 5.69 Å². The van der Waals surface area contributed by atoms with Crippen molar-refractivity contribution in [2.45, 2.75) is 33.1 Å². The lowest BCUT2D eigenvalue weighted by Crippen LogP contribution is -2.19. The van der Waals surface area contributed by atoms with Gasteiger partial charge < -0.3 is 4.90 Å². The van der Waals surface area contributed by atoms with Crippen LogP contribution in [0.25, 0.3) is 0 Å². The van der Waals surface area contributed by atoms with Crippen LogP contribution >= 0.6 is 0 Å². The molecule has 5 heteroatoms. The average Bonchev–Trinajstić information content (AvgIpc) is 2.38. The van der Waals surface area contributed by atoms with Gasteiger partial charge in [0.05, 0.1) is 4.92 Å². The number of nitro benzene ring substituents is 1. The second kappa shape index (κ2) is 6.87. The van der Waals surface area contributed by atoms with Crippen molar-refractivity contribution < 1.29 is 9.72 Å². The molecule has 19 heavy (non-hydrogen) atoms. The fraction of sp³-hybridized carbons (Fsp3) is 0.500. The molecule has 0 radical (unpaired) electrons. The Morgan fingerprint density at radius 3 is 2.58 bits per heavy atom. The van der Waals surface area contributed by atoms with Crippen LogP contribution in [0.1, 0.15) is 43.5 Å². The van der Waals surface area contributed by atoms with E-state index in [9.17, 15) is 14.9 Å². The molecular formula is C14H20N2O3. The predicted molar refractivity (Wildman–Crippen MR) is 75.9 cm³/mol. The van der Waals surface area contributed by atoms with E-state index in [1.807, 2.05) is 11.9 Å². The van der Waals surface area contributed by atoms with Crippen molar-refractivity contribution in [3.8, 4) is 0 Å². The molecule has 0 aliphatic heterocycles. The zero-order chi connectivity index (χ0) is 14.4. The molecule has 0 heterocycles. The summed E-state index contributed by atoms with van der Waals surface area (Å²) in [7, 11) is 1.84. The van der Waals surface area contributed by atoms with E-state index in [2.05, 4.69) is 6.92 Å². The van der Waals surface area contributed by atoms with Crippen molar-refractivity contribution in [3.63, 3.8) is 0 Å². The number of carbonyl (C=O) groups excluding carboxylic acids is 1. The maximum Gasteiger partial charge on any atom is 0.293 e. The van der Waals surface area contributed by atoms with E-state index in [-0.39, 0.29) is 11.5 Å². The Hall–Kier alpha value is -1.91. The monoisotopic (exact) mass is 264 g/mol. The summed E-state index contributed by atoms with van der Waals surface area (Å²) in [6.45, 7) is 4.29. The molecule has 0 fully saturated rings. The molecule has 1 aromatic rings. The minimum absolute atomic E-state index is 0.00769.